The Morgan fingerprint density at radius 3 is 2.12 bits per heavy atom. The van der Waals surface area contributed by atoms with Crippen LogP contribution in [0.25, 0.3) is 0 Å². The maximum Gasteiger partial charge on any atom is 0.309 e. The predicted molar refractivity (Wildman–Crippen MR) is 101 cm³/mol. The first-order valence-electron chi connectivity index (χ1n) is 8.76. The van der Waals surface area contributed by atoms with Crippen molar-refractivity contribution < 1.29 is 19.1 Å². The highest BCUT2D eigenvalue weighted by Crippen LogP contribution is 2.22. The van der Waals surface area contributed by atoms with Crippen LogP contribution in [-0.4, -0.2) is 25.6 Å². The largest absolute Gasteiger partial charge is 0.484 e. The van der Waals surface area contributed by atoms with Crippen molar-refractivity contribution in [1.29, 1.82) is 0 Å². The fourth-order valence-electron chi connectivity index (χ4n) is 2.67. The number of carbonyl (C=O) groups excluding carboxylic acids is 2. The van der Waals surface area contributed by atoms with Gasteiger partial charge in [0.25, 0.3) is 5.91 Å². The van der Waals surface area contributed by atoms with E-state index in [-0.39, 0.29) is 24.9 Å². The monoisotopic (exact) mass is 355 g/mol. The molecule has 0 radical (unpaired) electrons. The summed E-state index contributed by atoms with van der Waals surface area (Å²) >= 11 is 0. The summed E-state index contributed by atoms with van der Waals surface area (Å²) in [5.74, 6) is 0.0897. The summed E-state index contributed by atoms with van der Waals surface area (Å²) in [6.45, 7) is 4.06. The molecule has 0 aliphatic carbocycles. The molecule has 0 bridgehead atoms. The van der Waals surface area contributed by atoms with Gasteiger partial charge in [0, 0.05) is 5.69 Å². The molecule has 5 nitrogen and oxygen atoms in total. The number of rotatable bonds is 8. The van der Waals surface area contributed by atoms with Crippen molar-refractivity contribution in [2.75, 3.05) is 19.0 Å². The molecule has 0 unspecified atom stereocenters. The summed E-state index contributed by atoms with van der Waals surface area (Å²) in [5.41, 5.74) is 3.95. The average molecular weight is 355 g/mol. The number of amides is 1. The minimum Gasteiger partial charge on any atom is -0.484 e. The standard InChI is InChI=1S/C21H25NO4/c1-4-16-7-6-8-17(5-2)21(16)22-19(23)14-26-18-11-9-15(10-12-18)13-20(24)25-3/h6-12H,4-5,13-14H2,1-3H3,(H,22,23). The van der Waals surface area contributed by atoms with Gasteiger partial charge >= 0.3 is 5.97 Å². The molecule has 0 heterocycles. The number of esters is 1. The van der Waals surface area contributed by atoms with Crippen molar-refractivity contribution in [3.63, 3.8) is 0 Å². The summed E-state index contributed by atoms with van der Waals surface area (Å²) in [4.78, 5) is 23.5. The first-order chi connectivity index (χ1) is 12.6. The van der Waals surface area contributed by atoms with Crippen molar-refractivity contribution in [3.05, 3.63) is 59.2 Å². The Bertz CT molecular complexity index is 731. The smallest absolute Gasteiger partial charge is 0.309 e. The number of methoxy groups -OCH3 is 1. The van der Waals surface area contributed by atoms with Crippen LogP contribution in [-0.2, 0) is 33.6 Å². The number of carbonyl (C=O) groups is 2. The van der Waals surface area contributed by atoms with E-state index in [4.69, 9.17) is 4.74 Å². The van der Waals surface area contributed by atoms with Crippen LogP contribution in [0.1, 0.15) is 30.5 Å². The highest BCUT2D eigenvalue weighted by Gasteiger charge is 2.11. The number of nitrogens with one attached hydrogen (secondary N) is 1. The van der Waals surface area contributed by atoms with E-state index >= 15 is 0 Å². The molecule has 0 aliphatic rings. The fraction of sp³-hybridized carbons (Fsp3) is 0.333. The van der Waals surface area contributed by atoms with Crippen molar-refractivity contribution in [3.8, 4) is 5.75 Å². The molecule has 138 valence electrons. The second kappa shape index (κ2) is 9.61. The summed E-state index contributed by atoms with van der Waals surface area (Å²) in [5, 5.41) is 2.97. The van der Waals surface area contributed by atoms with Crippen LogP contribution in [0.2, 0.25) is 0 Å². The zero-order valence-corrected chi connectivity index (χ0v) is 15.5. The lowest BCUT2D eigenvalue weighted by molar-refractivity contribution is -0.139. The van der Waals surface area contributed by atoms with Crippen LogP contribution in [0, 0.1) is 0 Å². The summed E-state index contributed by atoms with van der Waals surface area (Å²) in [6, 6.07) is 13.1. The molecular formula is C21H25NO4. The molecule has 0 aromatic heterocycles. The van der Waals surface area contributed by atoms with Crippen LogP contribution < -0.4 is 10.1 Å². The number of anilines is 1. The first kappa shape index (κ1) is 19.5. The van der Waals surface area contributed by atoms with Gasteiger partial charge in [-0.1, -0.05) is 44.2 Å². The third-order valence-electron chi connectivity index (χ3n) is 4.13. The van der Waals surface area contributed by atoms with E-state index in [0.717, 1.165) is 35.2 Å². The highest BCUT2D eigenvalue weighted by atomic mass is 16.5. The molecule has 2 rings (SSSR count). The molecule has 1 N–H and O–H groups in total. The van der Waals surface area contributed by atoms with E-state index in [1.54, 1.807) is 24.3 Å². The summed E-state index contributed by atoms with van der Waals surface area (Å²) in [6.07, 6.45) is 1.92. The Hall–Kier alpha value is -2.82. The van der Waals surface area contributed by atoms with Gasteiger partial charge in [-0.15, -0.1) is 0 Å². The van der Waals surface area contributed by atoms with Crippen LogP contribution in [0.15, 0.2) is 42.5 Å². The molecule has 1 amide bonds. The lowest BCUT2D eigenvalue weighted by atomic mass is 10.0. The minimum atomic E-state index is -0.292. The van der Waals surface area contributed by atoms with Crippen LogP contribution in [0.3, 0.4) is 0 Å². The van der Waals surface area contributed by atoms with Gasteiger partial charge in [0.2, 0.25) is 0 Å². The molecule has 0 spiro atoms. The van der Waals surface area contributed by atoms with Crippen LogP contribution in [0.5, 0.6) is 5.75 Å². The lowest BCUT2D eigenvalue weighted by Crippen LogP contribution is -2.21. The molecular weight excluding hydrogens is 330 g/mol. The fourth-order valence-corrected chi connectivity index (χ4v) is 2.67. The maximum absolute atomic E-state index is 12.3. The van der Waals surface area contributed by atoms with E-state index < -0.39 is 0 Å². The van der Waals surface area contributed by atoms with Gasteiger partial charge in [-0.3, -0.25) is 9.59 Å². The zero-order chi connectivity index (χ0) is 18.9. The number of ether oxygens (including phenoxy) is 2. The molecule has 5 heteroatoms. The van der Waals surface area contributed by atoms with E-state index in [1.165, 1.54) is 7.11 Å². The molecule has 2 aromatic carbocycles. The maximum atomic E-state index is 12.3. The molecule has 0 aliphatic heterocycles. The number of para-hydroxylation sites is 1. The van der Waals surface area contributed by atoms with Crippen LogP contribution in [0.4, 0.5) is 5.69 Å². The Labute approximate surface area is 154 Å². The second-order valence-corrected chi connectivity index (χ2v) is 5.89. The van der Waals surface area contributed by atoms with Crippen molar-refractivity contribution in [2.24, 2.45) is 0 Å². The Kier molecular flexibility index (Phi) is 7.21. The first-order valence-corrected chi connectivity index (χ1v) is 8.76. The minimum absolute atomic E-state index is 0.0719. The quantitative estimate of drug-likeness (QED) is 0.736. The number of hydrogen-bond acceptors (Lipinski definition) is 4. The topological polar surface area (TPSA) is 64.6 Å². The zero-order valence-electron chi connectivity index (χ0n) is 15.5. The highest BCUT2D eigenvalue weighted by molar-refractivity contribution is 5.93. The van der Waals surface area contributed by atoms with Gasteiger partial charge in [-0.2, -0.15) is 0 Å². The average Bonchev–Trinajstić information content (AvgIpc) is 2.67. The van der Waals surface area contributed by atoms with E-state index in [0.29, 0.717) is 5.75 Å². The van der Waals surface area contributed by atoms with Gasteiger partial charge in [-0.05, 0) is 41.7 Å². The molecule has 0 atom stereocenters. The predicted octanol–water partition coefficient (Wildman–Crippen LogP) is 3.54. The molecule has 0 saturated carbocycles. The third-order valence-corrected chi connectivity index (χ3v) is 4.13. The van der Waals surface area contributed by atoms with E-state index in [2.05, 4.69) is 23.9 Å². The van der Waals surface area contributed by atoms with Gasteiger partial charge in [0.05, 0.1) is 13.5 Å². The van der Waals surface area contributed by atoms with Gasteiger partial charge in [-0.25, -0.2) is 0 Å². The van der Waals surface area contributed by atoms with Gasteiger partial charge in [0.15, 0.2) is 6.61 Å². The van der Waals surface area contributed by atoms with Crippen molar-refractivity contribution in [1.82, 2.24) is 0 Å². The summed E-state index contributed by atoms with van der Waals surface area (Å²) < 4.78 is 10.2. The van der Waals surface area contributed by atoms with Gasteiger partial charge < -0.3 is 14.8 Å². The molecule has 0 saturated heterocycles. The summed E-state index contributed by atoms with van der Waals surface area (Å²) in [7, 11) is 1.36. The number of benzene rings is 2. The normalized spacial score (nSPS) is 10.3. The second-order valence-electron chi connectivity index (χ2n) is 5.89. The molecule has 2 aromatic rings. The Morgan fingerprint density at radius 1 is 0.962 bits per heavy atom. The molecule has 26 heavy (non-hydrogen) atoms. The lowest BCUT2D eigenvalue weighted by Gasteiger charge is -2.14. The Balaban J connectivity index is 1.94. The van der Waals surface area contributed by atoms with Crippen molar-refractivity contribution in [2.45, 2.75) is 33.1 Å². The number of aryl methyl sites for hydroxylation is 2. The van der Waals surface area contributed by atoms with E-state index in [1.807, 2.05) is 18.2 Å². The van der Waals surface area contributed by atoms with Crippen molar-refractivity contribution >= 4 is 17.6 Å². The van der Waals surface area contributed by atoms with E-state index in [9.17, 15) is 9.59 Å². The number of hydrogen-bond donors (Lipinski definition) is 1. The Morgan fingerprint density at radius 2 is 1.58 bits per heavy atom. The third kappa shape index (κ3) is 5.34. The molecule has 0 fully saturated rings. The van der Waals surface area contributed by atoms with Gasteiger partial charge in [0.1, 0.15) is 5.75 Å². The van der Waals surface area contributed by atoms with Crippen LogP contribution >= 0.6 is 0 Å². The SMILES string of the molecule is CCc1cccc(CC)c1NC(=O)COc1ccc(CC(=O)OC)cc1.